The smallest absolute Gasteiger partial charge is 0.222 e. The average molecular weight is 320 g/mol. The van der Waals surface area contributed by atoms with Gasteiger partial charge in [0.1, 0.15) is 0 Å². The van der Waals surface area contributed by atoms with Crippen molar-refractivity contribution in [1.29, 1.82) is 0 Å². The van der Waals surface area contributed by atoms with Crippen LogP contribution in [0, 0.1) is 13.8 Å². The van der Waals surface area contributed by atoms with Crippen molar-refractivity contribution < 1.29 is 4.79 Å². The highest BCUT2D eigenvalue weighted by Crippen LogP contribution is 2.13. The van der Waals surface area contributed by atoms with Gasteiger partial charge >= 0.3 is 0 Å². The van der Waals surface area contributed by atoms with Crippen molar-refractivity contribution in [1.82, 2.24) is 20.0 Å². The zero-order valence-corrected chi connectivity index (χ0v) is 15.0. The maximum atomic E-state index is 12.5. The van der Waals surface area contributed by atoms with Gasteiger partial charge in [0.15, 0.2) is 0 Å². The Morgan fingerprint density at radius 1 is 1.22 bits per heavy atom. The molecule has 23 heavy (non-hydrogen) atoms. The third-order valence-electron chi connectivity index (χ3n) is 4.99. The van der Waals surface area contributed by atoms with Crippen molar-refractivity contribution in [2.24, 2.45) is 0 Å². The van der Waals surface area contributed by atoms with Crippen LogP contribution in [0.3, 0.4) is 0 Å². The summed E-state index contributed by atoms with van der Waals surface area (Å²) >= 11 is 0. The number of nitrogens with zero attached hydrogens (tertiary/aromatic N) is 3. The van der Waals surface area contributed by atoms with Gasteiger partial charge in [0, 0.05) is 31.7 Å². The predicted octanol–water partition coefficient (Wildman–Crippen LogP) is 2.68. The van der Waals surface area contributed by atoms with Gasteiger partial charge in [-0.15, -0.1) is 0 Å². The van der Waals surface area contributed by atoms with Crippen molar-refractivity contribution in [3.63, 3.8) is 0 Å². The molecular weight excluding hydrogens is 288 g/mol. The maximum absolute atomic E-state index is 12.5. The van der Waals surface area contributed by atoms with E-state index >= 15 is 0 Å². The molecule has 0 aliphatic carbocycles. The molecule has 1 aromatic rings. The second-order valence-electron chi connectivity index (χ2n) is 6.64. The molecule has 0 saturated carbocycles. The summed E-state index contributed by atoms with van der Waals surface area (Å²) in [4.78, 5) is 17.0. The summed E-state index contributed by atoms with van der Waals surface area (Å²) in [6.07, 6.45) is 6.69. The zero-order valence-electron chi connectivity index (χ0n) is 15.0. The molecule has 1 aliphatic heterocycles. The summed E-state index contributed by atoms with van der Waals surface area (Å²) in [5.74, 6) is 0.266. The third kappa shape index (κ3) is 5.34. The summed E-state index contributed by atoms with van der Waals surface area (Å²) < 4.78 is 0. The van der Waals surface area contributed by atoms with E-state index in [4.69, 9.17) is 0 Å². The van der Waals surface area contributed by atoms with Crippen LogP contribution in [0.1, 0.15) is 56.0 Å². The van der Waals surface area contributed by atoms with Crippen LogP contribution in [0.15, 0.2) is 0 Å². The Kier molecular flexibility index (Phi) is 7.09. The zero-order chi connectivity index (χ0) is 16.7. The van der Waals surface area contributed by atoms with Gasteiger partial charge in [0.05, 0.1) is 5.69 Å². The highest BCUT2D eigenvalue weighted by Gasteiger charge is 2.16. The normalized spacial score (nSPS) is 16.3. The van der Waals surface area contributed by atoms with Gasteiger partial charge in [0.25, 0.3) is 0 Å². The summed E-state index contributed by atoms with van der Waals surface area (Å²) in [6, 6.07) is 0. The fourth-order valence-corrected chi connectivity index (χ4v) is 3.41. The first-order chi connectivity index (χ1) is 11.1. The molecule has 1 N–H and O–H groups in total. The van der Waals surface area contributed by atoms with Gasteiger partial charge in [-0.05, 0) is 58.7 Å². The highest BCUT2D eigenvalue weighted by molar-refractivity contribution is 5.76. The number of hydrogen-bond donors (Lipinski definition) is 1. The largest absolute Gasteiger partial charge is 0.342 e. The Morgan fingerprint density at radius 2 is 1.91 bits per heavy atom. The predicted molar refractivity (Wildman–Crippen MR) is 93.5 cm³/mol. The SMILES string of the molecule is CCN(CCN1CCCCCC1)C(=O)CCc1c(C)n[nH]c1C. The third-order valence-corrected chi connectivity index (χ3v) is 4.99. The number of carbonyl (C=O) groups excluding carboxylic acids is 1. The molecule has 0 aromatic carbocycles. The van der Waals surface area contributed by atoms with Crippen LogP contribution in [0.25, 0.3) is 0 Å². The molecule has 0 radical (unpaired) electrons. The molecule has 1 amide bonds. The number of H-pyrrole nitrogens is 1. The number of hydrogen-bond acceptors (Lipinski definition) is 3. The lowest BCUT2D eigenvalue weighted by Gasteiger charge is -2.26. The number of likely N-dealkylation sites (tertiary alicyclic amines) is 1. The van der Waals surface area contributed by atoms with Gasteiger partial charge in [0.2, 0.25) is 5.91 Å². The second-order valence-corrected chi connectivity index (χ2v) is 6.64. The molecule has 130 valence electrons. The minimum atomic E-state index is 0.266. The Bertz CT molecular complexity index is 470. The standard InChI is InChI=1S/C18H32N4O/c1-4-22(14-13-21-11-7-5-6-8-12-21)18(23)10-9-17-15(2)19-20-16(17)3/h4-14H2,1-3H3,(H,19,20). The molecule has 2 heterocycles. The molecule has 1 fully saturated rings. The van der Waals surface area contributed by atoms with Crippen LogP contribution >= 0.6 is 0 Å². The first-order valence-electron chi connectivity index (χ1n) is 9.12. The van der Waals surface area contributed by atoms with E-state index in [2.05, 4.69) is 22.0 Å². The van der Waals surface area contributed by atoms with E-state index in [0.717, 1.165) is 37.4 Å². The first-order valence-corrected chi connectivity index (χ1v) is 9.12. The number of amides is 1. The highest BCUT2D eigenvalue weighted by atomic mass is 16.2. The molecule has 5 nitrogen and oxygen atoms in total. The van der Waals surface area contributed by atoms with Gasteiger partial charge in [-0.25, -0.2) is 0 Å². The van der Waals surface area contributed by atoms with Crippen LogP contribution in [0.4, 0.5) is 0 Å². The van der Waals surface area contributed by atoms with Gasteiger partial charge < -0.3 is 9.80 Å². The minimum absolute atomic E-state index is 0.266. The molecule has 0 bridgehead atoms. The van der Waals surface area contributed by atoms with Crippen LogP contribution in [-0.2, 0) is 11.2 Å². The van der Waals surface area contributed by atoms with Crippen LogP contribution in [-0.4, -0.2) is 58.6 Å². The second kappa shape index (κ2) is 9.06. The molecule has 0 spiro atoms. The Hall–Kier alpha value is -1.36. The monoisotopic (exact) mass is 320 g/mol. The fourth-order valence-electron chi connectivity index (χ4n) is 3.41. The van der Waals surface area contributed by atoms with Crippen molar-refractivity contribution in [2.75, 3.05) is 32.7 Å². The quantitative estimate of drug-likeness (QED) is 0.840. The van der Waals surface area contributed by atoms with Gasteiger partial charge in [-0.1, -0.05) is 12.8 Å². The van der Waals surface area contributed by atoms with Gasteiger partial charge in [-0.3, -0.25) is 9.89 Å². The van der Waals surface area contributed by atoms with Crippen LogP contribution < -0.4 is 0 Å². The van der Waals surface area contributed by atoms with E-state index in [1.54, 1.807) is 0 Å². The number of likely N-dealkylation sites (N-methyl/N-ethyl adjacent to an activating group) is 1. The van der Waals surface area contributed by atoms with E-state index < -0.39 is 0 Å². The number of rotatable bonds is 7. The lowest BCUT2D eigenvalue weighted by Crippen LogP contribution is -2.39. The lowest BCUT2D eigenvalue weighted by atomic mass is 10.1. The molecule has 1 aliphatic rings. The molecular formula is C18H32N4O. The summed E-state index contributed by atoms with van der Waals surface area (Å²) in [5.41, 5.74) is 3.30. The van der Waals surface area contributed by atoms with Crippen LogP contribution in [0.5, 0.6) is 0 Å². The fraction of sp³-hybridized carbons (Fsp3) is 0.778. The Morgan fingerprint density at radius 3 is 2.48 bits per heavy atom. The van der Waals surface area contributed by atoms with E-state index in [1.165, 1.54) is 44.3 Å². The molecule has 1 saturated heterocycles. The van der Waals surface area contributed by atoms with Crippen molar-refractivity contribution in [3.05, 3.63) is 17.0 Å². The summed E-state index contributed by atoms with van der Waals surface area (Å²) in [7, 11) is 0. The molecule has 0 atom stereocenters. The number of aromatic amines is 1. The van der Waals surface area contributed by atoms with E-state index in [1.807, 2.05) is 18.7 Å². The van der Waals surface area contributed by atoms with E-state index in [0.29, 0.717) is 6.42 Å². The molecule has 2 rings (SSSR count). The number of aromatic nitrogens is 2. The Balaban J connectivity index is 1.78. The van der Waals surface area contributed by atoms with Crippen molar-refractivity contribution in [2.45, 2.75) is 59.3 Å². The molecule has 1 aromatic heterocycles. The summed E-state index contributed by atoms with van der Waals surface area (Å²) in [6.45, 7) is 11.2. The summed E-state index contributed by atoms with van der Waals surface area (Å²) in [5, 5.41) is 7.21. The lowest BCUT2D eigenvalue weighted by molar-refractivity contribution is -0.131. The Labute approximate surface area is 140 Å². The average Bonchev–Trinajstić information content (AvgIpc) is 2.74. The maximum Gasteiger partial charge on any atom is 0.222 e. The minimum Gasteiger partial charge on any atom is -0.342 e. The number of aryl methyl sites for hydroxylation is 2. The van der Waals surface area contributed by atoms with Crippen molar-refractivity contribution >= 4 is 5.91 Å². The van der Waals surface area contributed by atoms with E-state index in [9.17, 15) is 4.79 Å². The van der Waals surface area contributed by atoms with E-state index in [-0.39, 0.29) is 5.91 Å². The number of nitrogens with one attached hydrogen (secondary N) is 1. The molecule has 0 unspecified atom stereocenters. The topological polar surface area (TPSA) is 52.2 Å². The first kappa shape index (κ1) is 18.0. The van der Waals surface area contributed by atoms with Gasteiger partial charge in [-0.2, -0.15) is 5.10 Å². The number of carbonyl (C=O) groups is 1. The molecule has 5 heteroatoms. The van der Waals surface area contributed by atoms with Crippen LogP contribution in [0.2, 0.25) is 0 Å². The van der Waals surface area contributed by atoms with Crippen molar-refractivity contribution in [3.8, 4) is 0 Å².